The van der Waals surface area contributed by atoms with E-state index in [2.05, 4.69) is 154 Å². The normalized spacial score (nSPS) is 25.0. The van der Waals surface area contributed by atoms with E-state index in [1.54, 1.807) is 0 Å². The Morgan fingerprint density at radius 2 is 0.857 bits per heavy atom. The first-order chi connectivity index (χ1) is 19.6. The molecule has 228 valence electrons. The van der Waals surface area contributed by atoms with E-state index in [4.69, 9.17) is 0 Å². The first kappa shape index (κ1) is 35.3. The summed E-state index contributed by atoms with van der Waals surface area (Å²) >= 11 is 0. The molecule has 0 aromatic rings. The van der Waals surface area contributed by atoms with Gasteiger partial charge in [-0.25, -0.2) is 0 Å². The fourth-order valence-electron chi connectivity index (χ4n) is 6.13. The molecule has 0 bridgehead atoms. The van der Waals surface area contributed by atoms with Crippen LogP contribution in [-0.4, -0.2) is 22.4 Å². The third kappa shape index (κ3) is 11.7. The highest BCUT2D eigenvalue weighted by Crippen LogP contribution is 2.42. The van der Waals surface area contributed by atoms with E-state index in [-0.39, 0.29) is 23.0 Å². The second-order valence-corrected chi connectivity index (χ2v) is 13.7. The zero-order chi connectivity index (χ0) is 31.5. The van der Waals surface area contributed by atoms with Crippen LogP contribution in [0.1, 0.15) is 94.9 Å². The molecule has 0 fully saturated rings. The zero-order valence-electron chi connectivity index (χ0n) is 28.0. The van der Waals surface area contributed by atoms with Crippen molar-refractivity contribution in [3.8, 4) is 0 Å². The monoisotopic (exact) mass is 593 g/mol. The second-order valence-electron chi connectivity index (χ2n) is 13.7. The van der Waals surface area contributed by atoms with Crippen molar-refractivity contribution in [3.63, 3.8) is 0 Å². The van der Waals surface area contributed by atoms with Crippen LogP contribution in [0, 0.1) is 10.8 Å². The molecule has 2 nitrogen and oxygen atoms in total. The van der Waals surface area contributed by atoms with Crippen molar-refractivity contribution in [1.82, 2.24) is 0 Å². The van der Waals surface area contributed by atoms with Gasteiger partial charge in [0.25, 0.3) is 0 Å². The van der Waals surface area contributed by atoms with Crippen LogP contribution < -0.4 is 0 Å². The van der Waals surface area contributed by atoms with Gasteiger partial charge in [-0.1, -0.05) is 146 Å². The lowest BCUT2D eigenvalue weighted by Crippen LogP contribution is -2.28. The molecule has 2 heteroatoms. The maximum absolute atomic E-state index is 10.1. The summed E-state index contributed by atoms with van der Waals surface area (Å²) < 4.78 is 0. The Balaban J connectivity index is 1.90. The number of hydrogen-bond acceptors (Lipinski definition) is 2. The molecule has 0 radical (unpaired) electrons. The van der Waals surface area contributed by atoms with Gasteiger partial charge in [0, 0.05) is 0 Å². The fraction of sp³-hybridized carbons (Fsp3) is 0.450. The summed E-state index contributed by atoms with van der Waals surface area (Å²) in [6.45, 7) is 21.6. The molecule has 0 saturated heterocycles. The highest BCUT2D eigenvalue weighted by Gasteiger charge is 2.32. The Morgan fingerprint density at radius 3 is 1.19 bits per heavy atom. The largest absolute Gasteiger partial charge is 0.393 e. The topological polar surface area (TPSA) is 40.5 Å². The highest BCUT2D eigenvalue weighted by atomic mass is 16.3. The number of allylic oxidation sites excluding steroid dienone is 20. The van der Waals surface area contributed by atoms with E-state index in [9.17, 15) is 10.2 Å². The smallest absolute Gasteiger partial charge is 0.0585 e. The molecule has 0 aliphatic heterocycles. The molecule has 2 rings (SSSR count). The molecule has 0 saturated carbocycles. The van der Waals surface area contributed by atoms with Crippen LogP contribution in [0.3, 0.4) is 0 Å². The SMILES string of the molecule is [13CH3]C1=[13C](/C=[13CH]/C([13CH3])=[13CH]/C=[13CH]/C([13CH3])=[13CH]/C=C/[13CH]=C([13CH3])/[13CH]=C/[13CH]=C([13CH3])/[13CH]=C/[13C]2=C([13CH3])[13CH2][C@@H](O)[13CH2]C2([13CH3])[13CH3])C([13CH3])([13CH3])[13CH2][C@H](O)[13CH2]1. The van der Waals surface area contributed by atoms with Gasteiger partial charge in [0.2, 0.25) is 0 Å². The van der Waals surface area contributed by atoms with Crippen molar-refractivity contribution >= 4 is 0 Å². The molecule has 0 aromatic carbocycles. The number of aliphatic hydroxyl groups excluding tert-OH is 2. The van der Waals surface area contributed by atoms with Gasteiger partial charge in [0.05, 0.1) is 12.2 Å². The average Bonchev–Trinajstić information content (AvgIpc) is 2.84. The lowest BCUT2D eigenvalue weighted by molar-refractivity contribution is 0.116. The summed E-state index contributed by atoms with van der Waals surface area (Å²) in [5.74, 6) is 0. The van der Waals surface area contributed by atoms with Crippen LogP contribution in [0.5, 0.6) is 0 Å². The van der Waals surface area contributed by atoms with E-state index in [0.29, 0.717) is 0 Å². The third-order valence-corrected chi connectivity index (χ3v) is 8.24. The predicted octanol–water partition coefficient (Wildman–Crippen LogP) is 10.5. The van der Waals surface area contributed by atoms with E-state index in [0.717, 1.165) is 25.7 Å². The zero-order valence-corrected chi connectivity index (χ0v) is 28.0. The molecular weight excluding hydrogens is 536 g/mol. The minimum absolute atomic E-state index is 0.00547. The molecule has 0 aromatic heterocycles. The first-order valence-corrected chi connectivity index (χ1v) is 15.5. The molecule has 0 amide bonds. The molecule has 0 spiro atoms. The van der Waals surface area contributed by atoms with Crippen LogP contribution in [0.4, 0.5) is 0 Å². The summed E-state index contributed by atoms with van der Waals surface area (Å²) in [6.07, 6.45) is 32.6. The number of aliphatic hydroxyl groups is 2. The summed E-state index contributed by atoms with van der Waals surface area (Å²) in [5, 5.41) is 20.2. The Bertz CT molecular complexity index is 1190. The number of hydrogen-bond donors (Lipinski definition) is 2. The van der Waals surface area contributed by atoms with Gasteiger partial charge in [-0.15, -0.1) is 0 Å². The average molecular weight is 593 g/mol. The Kier molecular flexibility index (Phi) is 13.5. The van der Waals surface area contributed by atoms with E-state index < -0.39 is 0 Å². The van der Waals surface area contributed by atoms with Crippen molar-refractivity contribution in [2.45, 2.75) is 107 Å². The Morgan fingerprint density at radius 1 is 0.548 bits per heavy atom. The van der Waals surface area contributed by atoms with Gasteiger partial charge in [-0.05, 0) is 89.2 Å². The number of rotatable bonds is 10. The van der Waals surface area contributed by atoms with Gasteiger partial charge in [0.15, 0.2) is 0 Å². The standard InChI is InChI=1S/C40H56O2/c1-29(17-13-19-31(3)21-23-37-33(5)25-35(41)27-39(37,7)8)15-11-12-16-30(2)18-14-20-32(4)22-24-38-34(6)26-36(42)28-40(38,9)10/h11-24,35-36,41-42H,25-28H2,1-10H3/b12-11+,17-13+,18-14+,23-21+,24-22+,29-15+,30-16+,31-19+,32-20+/t35-,36-/m1/s1/i1+1,2+1,3+1,4+1,5+1,6+1,7+1,8+1,9+1,10+1,15+1,16+1,17+1,18+1,19+1,20+1,21+1,22+1,25+1,26+1,27+1,28+1,37+1,38+1. The van der Waals surface area contributed by atoms with Gasteiger partial charge in [-0.2, -0.15) is 0 Å². The van der Waals surface area contributed by atoms with E-state index >= 15 is 0 Å². The van der Waals surface area contributed by atoms with Gasteiger partial charge in [0.1, 0.15) is 0 Å². The summed E-state index contributed by atoms with van der Waals surface area (Å²) in [5.41, 5.74) is 10.1. The van der Waals surface area contributed by atoms with Gasteiger partial charge in [-0.3, -0.25) is 0 Å². The van der Waals surface area contributed by atoms with Gasteiger partial charge >= 0.3 is 0 Å². The van der Waals surface area contributed by atoms with Crippen molar-refractivity contribution in [2.24, 2.45) is 10.8 Å². The predicted molar refractivity (Wildman–Crippen MR) is 184 cm³/mol. The first-order valence-electron chi connectivity index (χ1n) is 15.5. The lowest BCUT2D eigenvalue weighted by atomic mass is 10.2. The lowest BCUT2D eigenvalue weighted by Gasteiger charge is -2.35. The summed E-state index contributed by atoms with van der Waals surface area (Å²) in [4.78, 5) is 0. The molecule has 2 aliphatic rings. The van der Waals surface area contributed by atoms with Crippen LogP contribution in [0.25, 0.3) is 0 Å². The second kappa shape index (κ2) is 16.1. The van der Waals surface area contributed by atoms with Crippen LogP contribution in [-0.2, 0) is 0 Å². The van der Waals surface area contributed by atoms with Crippen LogP contribution in [0.2, 0.25) is 0 Å². The quantitative estimate of drug-likeness (QED) is 0.196. The molecule has 0 heterocycles. The van der Waals surface area contributed by atoms with Crippen molar-refractivity contribution in [3.05, 3.63) is 130 Å². The minimum atomic E-state index is -0.227. The summed E-state index contributed by atoms with van der Waals surface area (Å²) in [6, 6.07) is 0. The molecule has 2 atom stereocenters. The molecule has 42 heavy (non-hydrogen) atoms. The van der Waals surface area contributed by atoms with E-state index in [1.165, 1.54) is 44.6 Å². The highest BCUT2D eigenvalue weighted by molar-refractivity contribution is 5.39. The Labute approximate surface area is 257 Å². The van der Waals surface area contributed by atoms with E-state index in [1.807, 2.05) is 0 Å². The third-order valence-electron chi connectivity index (χ3n) is 8.24. The molecule has 2 aliphatic carbocycles. The van der Waals surface area contributed by atoms with Crippen molar-refractivity contribution < 1.29 is 10.2 Å². The van der Waals surface area contributed by atoms with Crippen molar-refractivity contribution in [2.75, 3.05) is 0 Å². The Hall–Kier alpha value is -2.94. The maximum atomic E-state index is 10.1. The molecule has 0 unspecified atom stereocenters. The molecule has 2 N–H and O–H groups in total. The fourth-order valence-corrected chi connectivity index (χ4v) is 6.13. The maximum Gasteiger partial charge on any atom is 0.0585 e. The van der Waals surface area contributed by atoms with Crippen LogP contribution >= 0.6 is 0 Å². The minimum Gasteiger partial charge on any atom is -0.393 e. The summed E-state index contributed by atoms with van der Waals surface area (Å²) in [7, 11) is 0. The molecular formula is C40H56O2. The van der Waals surface area contributed by atoms with Gasteiger partial charge < -0.3 is 10.2 Å². The van der Waals surface area contributed by atoms with Crippen LogP contribution in [0.15, 0.2) is 130 Å². The van der Waals surface area contributed by atoms with Crippen molar-refractivity contribution in [1.29, 1.82) is 0 Å².